The zero-order valence-corrected chi connectivity index (χ0v) is 12.1. The Hall–Kier alpha value is -2.23. The second kappa shape index (κ2) is 5.20. The van der Waals surface area contributed by atoms with Crippen molar-refractivity contribution in [1.82, 2.24) is 24.5 Å². The maximum absolute atomic E-state index is 12.6. The molecule has 0 spiro atoms. The van der Waals surface area contributed by atoms with Crippen LogP contribution in [0, 0.1) is 6.92 Å². The summed E-state index contributed by atoms with van der Waals surface area (Å²) in [5.41, 5.74) is 1.54. The Morgan fingerprint density at radius 1 is 1.36 bits per heavy atom. The molecule has 0 amide bonds. The van der Waals surface area contributed by atoms with Crippen molar-refractivity contribution in [3.8, 4) is 0 Å². The number of fused-ring (bicyclic) bond motifs is 1. The highest BCUT2D eigenvalue weighted by atomic mass is 32.1. The fraction of sp³-hybridized carbons (Fsp3) is 0.333. The Morgan fingerprint density at radius 2 is 2.14 bits per heavy atom. The molecule has 0 fully saturated rings. The van der Waals surface area contributed by atoms with Crippen LogP contribution in [-0.4, -0.2) is 24.5 Å². The van der Waals surface area contributed by atoms with Crippen LogP contribution in [0.1, 0.15) is 16.4 Å². The third kappa shape index (κ3) is 2.61. The second-order valence-electron chi connectivity index (χ2n) is 4.64. The van der Waals surface area contributed by atoms with E-state index in [-0.39, 0.29) is 11.2 Å². The first kappa shape index (κ1) is 14.7. The summed E-state index contributed by atoms with van der Waals surface area (Å²) in [6, 6.07) is 0. The van der Waals surface area contributed by atoms with E-state index in [4.69, 9.17) is 0 Å². The number of hydrogen-bond acceptors (Lipinski definition) is 5. The van der Waals surface area contributed by atoms with E-state index in [1.807, 2.05) is 11.9 Å². The highest BCUT2D eigenvalue weighted by Crippen LogP contribution is 2.27. The lowest BCUT2D eigenvalue weighted by Gasteiger charge is -2.03. The molecule has 1 N–H and O–H groups in total. The van der Waals surface area contributed by atoms with Gasteiger partial charge in [-0.1, -0.05) is 0 Å². The van der Waals surface area contributed by atoms with E-state index in [0.717, 1.165) is 10.6 Å². The van der Waals surface area contributed by atoms with Crippen molar-refractivity contribution in [2.75, 3.05) is 0 Å². The van der Waals surface area contributed by atoms with Crippen LogP contribution in [0.5, 0.6) is 0 Å². The molecular formula is C12H10F3N5OS. The van der Waals surface area contributed by atoms with Gasteiger partial charge in [-0.2, -0.15) is 13.2 Å². The number of H-pyrrole nitrogens is 1. The summed E-state index contributed by atoms with van der Waals surface area (Å²) in [7, 11) is 0. The Labute approximate surface area is 125 Å². The quantitative estimate of drug-likeness (QED) is 0.799. The average Bonchev–Trinajstić information content (AvgIpc) is 3.04. The zero-order chi connectivity index (χ0) is 15.9. The average molecular weight is 329 g/mol. The number of rotatable bonds is 3. The van der Waals surface area contributed by atoms with E-state index in [1.54, 1.807) is 5.51 Å². The molecule has 0 radical (unpaired) electrons. The van der Waals surface area contributed by atoms with Gasteiger partial charge in [-0.3, -0.25) is 9.36 Å². The minimum atomic E-state index is -4.64. The van der Waals surface area contributed by atoms with Gasteiger partial charge in [0.15, 0.2) is 11.2 Å². The number of aromatic nitrogens is 5. The third-order valence-corrected chi connectivity index (χ3v) is 4.17. The number of nitrogens with one attached hydrogen (secondary N) is 1. The molecule has 0 saturated heterocycles. The number of thiazole rings is 1. The molecule has 0 atom stereocenters. The summed E-state index contributed by atoms with van der Waals surface area (Å²) in [6.45, 7) is 2.17. The van der Waals surface area contributed by atoms with Crippen molar-refractivity contribution in [3.05, 3.63) is 38.6 Å². The summed E-state index contributed by atoms with van der Waals surface area (Å²) >= 11 is 1.47. The van der Waals surface area contributed by atoms with Gasteiger partial charge in [-0.05, 0) is 6.92 Å². The number of imidazole rings is 1. The summed E-state index contributed by atoms with van der Waals surface area (Å²) in [6.07, 6.45) is -2.87. The molecule has 22 heavy (non-hydrogen) atoms. The Morgan fingerprint density at radius 3 is 2.77 bits per heavy atom. The molecule has 0 bridgehead atoms. The lowest BCUT2D eigenvalue weighted by molar-refractivity contribution is -0.144. The first-order valence-electron chi connectivity index (χ1n) is 6.27. The third-order valence-electron chi connectivity index (χ3n) is 3.17. The molecule has 3 heterocycles. The molecule has 0 saturated carbocycles. The molecule has 0 aromatic carbocycles. The summed E-state index contributed by atoms with van der Waals surface area (Å²) < 4.78 is 39.1. The van der Waals surface area contributed by atoms with Crippen LogP contribution in [0.15, 0.2) is 16.6 Å². The predicted octanol–water partition coefficient (Wildman–Crippen LogP) is 2.15. The van der Waals surface area contributed by atoms with Gasteiger partial charge >= 0.3 is 6.18 Å². The van der Waals surface area contributed by atoms with E-state index in [1.165, 1.54) is 22.2 Å². The highest BCUT2D eigenvalue weighted by molar-refractivity contribution is 7.09. The number of nitrogens with zero attached hydrogens (tertiary/aromatic N) is 4. The van der Waals surface area contributed by atoms with E-state index < -0.39 is 17.6 Å². The first-order valence-corrected chi connectivity index (χ1v) is 7.15. The molecule has 3 aromatic heterocycles. The van der Waals surface area contributed by atoms with Gasteiger partial charge in [0, 0.05) is 17.8 Å². The molecule has 0 aliphatic carbocycles. The minimum Gasteiger partial charge on any atom is -0.328 e. The molecule has 0 unspecified atom stereocenters. The molecule has 3 rings (SSSR count). The van der Waals surface area contributed by atoms with Crippen molar-refractivity contribution in [3.63, 3.8) is 0 Å². The van der Waals surface area contributed by atoms with E-state index in [0.29, 0.717) is 13.0 Å². The van der Waals surface area contributed by atoms with Gasteiger partial charge in [0.2, 0.25) is 5.82 Å². The Kier molecular flexibility index (Phi) is 3.47. The van der Waals surface area contributed by atoms with Crippen LogP contribution < -0.4 is 5.56 Å². The summed E-state index contributed by atoms with van der Waals surface area (Å²) in [5.74, 6) is -1.22. The highest BCUT2D eigenvalue weighted by Gasteiger charge is 2.35. The molecule has 3 aromatic rings. The fourth-order valence-corrected chi connectivity index (χ4v) is 2.78. The Balaban J connectivity index is 1.93. The molecule has 10 heteroatoms. The number of aromatic amines is 1. The molecule has 0 aliphatic heterocycles. The smallest absolute Gasteiger partial charge is 0.328 e. The summed E-state index contributed by atoms with van der Waals surface area (Å²) in [5, 5.41) is 0. The van der Waals surface area contributed by atoms with Gasteiger partial charge in [-0.25, -0.2) is 15.0 Å². The van der Waals surface area contributed by atoms with Gasteiger partial charge in [0.1, 0.15) is 6.33 Å². The second-order valence-corrected chi connectivity index (χ2v) is 5.58. The maximum Gasteiger partial charge on any atom is 0.449 e. The van der Waals surface area contributed by atoms with Crippen LogP contribution >= 0.6 is 11.3 Å². The lowest BCUT2D eigenvalue weighted by atomic mass is 10.3. The van der Waals surface area contributed by atoms with Crippen LogP contribution in [0.25, 0.3) is 11.2 Å². The SMILES string of the molecule is Cc1ncsc1CCn1cnc2nc(C(F)(F)F)[nH]c2c1=O. The van der Waals surface area contributed by atoms with Crippen LogP contribution in [0.4, 0.5) is 13.2 Å². The maximum atomic E-state index is 12.6. The largest absolute Gasteiger partial charge is 0.449 e. The van der Waals surface area contributed by atoms with Gasteiger partial charge in [-0.15, -0.1) is 11.3 Å². The van der Waals surface area contributed by atoms with E-state index in [2.05, 4.69) is 15.0 Å². The molecule has 0 aliphatic rings. The van der Waals surface area contributed by atoms with E-state index >= 15 is 0 Å². The molecular weight excluding hydrogens is 319 g/mol. The molecule has 116 valence electrons. The van der Waals surface area contributed by atoms with Crippen molar-refractivity contribution in [2.24, 2.45) is 0 Å². The number of alkyl halides is 3. The fourth-order valence-electron chi connectivity index (χ4n) is 2.01. The Bertz CT molecular complexity index is 879. The van der Waals surface area contributed by atoms with Crippen LogP contribution in [0.2, 0.25) is 0 Å². The molecule has 6 nitrogen and oxygen atoms in total. The van der Waals surface area contributed by atoms with Crippen molar-refractivity contribution in [2.45, 2.75) is 26.1 Å². The monoisotopic (exact) mass is 329 g/mol. The van der Waals surface area contributed by atoms with Gasteiger partial charge in [0.05, 0.1) is 11.2 Å². The van der Waals surface area contributed by atoms with Crippen molar-refractivity contribution in [1.29, 1.82) is 0 Å². The predicted molar refractivity (Wildman–Crippen MR) is 73.7 cm³/mol. The van der Waals surface area contributed by atoms with Crippen LogP contribution in [0.3, 0.4) is 0 Å². The number of hydrogen-bond donors (Lipinski definition) is 1. The van der Waals surface area contributed by atoms with Crippen molar-refractivity contribution < 1.29 is 13.2 Å². The number of halogens is 3. The topological polar surface area (TPSA) is 76.5 Å². The number of aryl methyl sites for hydroxylation is 3. The van der Waals surface area contributed by atoms with E-state index in [9.17, 15) is 18.0 Å². The first-order chi connectivity index (χ1) is 10.4. The lowest BCUT2D eigenvalue weighted by Crippen LogP contribution is -2.21. The van der Waals surface area contributed by atoms with Gasteiger partial charge in [0.25, 0.3) is 5.56 Å². The summed E-state index contributed by atoms with van der Waals surface area (Å²) in [4.78, 5) is 26.4. The van der Waals surface area contributed by atoms with Crippen LogP contribution in [-0.2, 0) is 19.1 Å². The van der Waals surface area contributed by atoms with Gasteiger partial charge < -0.3 is 4.98 Å². The zero-order valence-electron chi connectivity index (χ0n) is 11.3. The normalized spacial score (nSPS) is 12.2. The minimum absolute atomic E-state index is 0.234. The van der Waals surface area contributed by atoms with Crippen molar-refractivity contribution >= 4 is 22.5 Å². The standard InChI is InChI=1S/C12H10F3N5OS/c1-6-7(22-5-17-6)2-3-20-4-16-9-8(10(20)21)18-11(19-9)12(13,14)15/h4-5H,2-3H2,1H3,(H,18,19).